The Labute approximate surface area is 205 Å². The highest BCUT2D eigenvalue weighted by Gasteiger charge is 2.35. The minimum atomic E-state index is -1.13. The van der Waals surface area contributed by atoms with Crippen LogP contribution in [0.15, 0.2) is 60.7 Å². The molecule has 2 saturated heterocycles. The van der Waals surface area contributed by atoms with Crippen molar-refractivity contribution in [3.8, 4) is 0 Å². The zero-order valence-electron chi connectivity index (χ0n) is 19.6. The van der Waals surface area contributed by atoms with E-state index in [4.69, 9.17) is 18.9 Å². The predicted molar refractivity (Wildman–Crippen MR) is 126 cm³/mol. The quantitative estimate of drug-likeness (QED) is 0.332. The molecule has 2 aliphatic heterocycles. The largest absolute Gasteiger partial charge is 0.389 e. The molecule has 0 amide bonds. The number of hydrogen-bond donors (Lipinski definition) is 5. The molecule has 2 aliphatic rings. The van der Waals surface area contributed by atoms with Crippen LogP contribution in [0.1, 0.15) is 36.5 Å². The zero-order valence-corrected chi connectivity index (χ0v) is 19.6. The molecule has 4 rings (SSSR count). The van der Waals surface area contributed by atoms with Gasteiger partial charge in [-0.1, -0.05) is 60.7 Å². The monoisotopic (exact) mass is 489 g/mol. The molecule has 9 nitrogen and oxygen atoms in total. The molecule has 2 fully saturated rings. The van der Waals surface area contributed by atoms with E-state index >= 15 is 0 Å². The highest BCUT2D eigenvalue weighted by atomic mass is 16.7. The molecule has 0 radical (unpaired) electrons. The van der Waals surface area contributed by atoms with Gasteiger partial charge in [0, 0.05) is 24.2 Å². The van der Waals surface area contributed by atoms with Gasteiger partial charge in [0.1, 0.15) is 12.2 Å². The molecule has 2 aromatic rings. The molecule has 0 spiro atoms. The van der Waals surface area contributed by atoms with Crippen LogP contribution in [0.4, 0.5) is 0 Å². The fraction of sp³-hybridized carbons (Fsp3) is 0.538. The van der Waals surface area contributed by atoms with Crippen LogP contribution >= 0.6 is 0 Å². The maximum atomic E-state index is 10.6. The van der Waals surface area contributed by atoms with E-state index in [1.165, 1.54) is 0 Å². The van der Waals surface area contributed by atoms with Gasteiger partial charge in [-0.05, 0) is 12.8 Å². The van der Waals surface area contributed by atoms with Gasteiger partial charge in [-0.25, -0.2) is 0 Å². The first-order valence-electron chi connectivity index (χ1n) is 12.1. The molecule has 0 aliphatic carbocycles. The number of hydrogen-bond acceptors (Lipinski definition) is 9. The van der Waals surface area contributed by atoms with E-state index in [2.05, 4.69) is 5.32 Å². The first kappa shape index (κ1) is 26.2. The summed E-state index contributed by atoms with van der Waals surface area (Å²) in [5, 5.41) is 45.1. The lowest BCUT2D eigenvalue weighted by molar-refractivity contribution is -0.247. The van der Waals surface area contributed by atoms with Gasteiger partial charge < -0.3 is 44.7 Å². The highest BCUT2D eigenvalue weighted by Crippen LogP contribution is 2.29. The standard InChI is InChI=1S/C26H35NO8/c28-19(23(30)21-11-13-32-25(34-21)17-7-3-1-4-8-17)15-27-16-20(29)24(31)22-12-14-33-26(35-22)18-9-5-2-6-10-18/h1-10,19-31H,11-16H2/t19-,20-,21+,22+,23+,24+,25?,26?/m0/s1. The van der Waals surface area contributed by atoms with E-state index in [0.29, 0.717) is 26.1 Å². The molecule has 192 valence electrons. The van der Waals surface area contributed by atoms with E-state index in [0.717, 1.165) is 11.1 Å². The summed E-state index contributed by atoms with van der Waals surface area (Å²) in [4.78, 5) is 0. The zero-order chi connectivity index (χ0) is 24.6. The van der Waals surface area contributed by atoms with Crippen molar-refractivity contribution < 1.29 is 39.4 Å². The second-order valence-corrected chi connectivity index (χ2v) is 8.93. The maximum absolute atomic E-state index is 10.6. The Kier molecular flexibility index (Phi) is 9.61. The minimum absolute atomic E-state index is 0.0168. The Morgan fingerprint density at radius 1 is 0.657 bits per heavy atom. The van der Waals surface area contributed by atoms with Gasteiger partial charge in [0.15, 0.2) is 12.6 Å². The van der Waals surface area contributed by atoms with Crippen LogP contribution in [0, 0.1) is 0 Å². The van der Waals surface area contributed by atoms with Crippen molar-refractivity contribution >= 4 is 0 Å². The van der Waals surface area contributed by atoms with Gasteiger partial charge in [-0.2, -0.15) is 0 Å². The van der Waals surface area contributed by atoms with Crippen LogP contribution in [0.3, 0.4) is 0 Å². The highest BCUT2D eigenvalue weighted by molar-refractivity contribution is 5.17. The average molecular weight is 490 g/mol. The van der Waals surface area contributed by atoms with E-state index < -0.39 is 49.2 Å². The van der Waals surface area contributed by atoms with E-state index in [1.807, 2.05) is 60.7 Å². The number of nitrogens with one attached hydrogen (secondary N) is 1. The molecular formula is C26H35NO8. The van der Waals surface area contributed by atoms with Crippen molar-refractivity contribution in [3.05, 3.63) is 71.8 Å². The number of aliphatic hydroxyl groups excluding tert-OH is 4. The number of benzene rings is 2. The molecule has 2 heterocycles. The summed E-state index contributed by atoms with van der Waals surface area (Å²) in [5.41, 5.74) is 1.69. The second kappa shape index (κ2) is 12.9. The van der Waals surface area contributed by atoms with Gasteiger partial charge in [-0.3, -0.25) is 0 Å². The summed E-state index contributed by atoms with van der Waals surface area (Å²) in [6.45, 7) is 0.842. The smallest absolute Gasteiger partial charge is 0.184 e. The van der Waals surface area contributed by atoms with Crippen molar-refractivity contribution in [2.45, 2.75) is 62.0 Å². The summed E-state index contributed by atoms with van der Waals surface area (Å²) < 4.78 is 23.0. The lowest BCUT2D eigenvalue weighted by Gasteiger charge is -2.35. The normalized spacial score (nSPS) is 28.7. The summed E-state index contributed by atoms with van der Waals surface area (Å²) in [6.07, 6.45) is -5.99. The van der Waals surface area contributed by atoms with Crippen LogP contribution < -0.4 is 5.32 Å². The predicted octanol–water partition coefficient (Wildman–Crippen LogP) is 1.03. The first-order valence-corrected chi connectivity index (χ1v) is 12.1. The summed E-state index contributed by atoms with van der Waals surface area (Å²) in [5.74, 6) is 0. The third-order valence-electron chi connectivity index (χ3n) is 6.34. The van der Waals surface area contributed by atoms with Gasteiger partial charge >= 0.3 is 0 Å². The molecule has 9 heteroatoms. The third-order valence-corrected chi connectivity index (χ3v) is 6.34. The van der Waals surface area contributed by atoms with Crippen molar-refractivity contribution in [3.63, 3.8) is 0 Å². The molecule has 35 heavy (non-hydrogen) atoms. The van der Waals surface area contributed by atoms with Gasteiger partial charge in [0.2, 0.25) is 0 Å². The molecule has 5 N–H and O–H groups in total. The summed E-state index contributed by atoms with van der Waals surface area (Å²) in [6, 6.07) is 18.9. The van der Waals surface area contributed by atoms with E-state index in [1.54, 1.807) is 0 Å². The maximum Gasteiger partial charge on any atom is 0.184 e. The molecular weight excluding hydrogens is 454 g/mol. The Balaban J connectivity index is 1.21. The summed E-state index contributed by atoms with van der Waals surface area (Å²) >= 11 is 0. The number of aliphatic hydroxyl groups is 4. The van der Waals surface area contributed by atoms with Crippen molar-refractivity contribution in [1.82, 2.24) is 5.32 Å². The number of ether oxygens (including phenoxy) is 4. The molecule has 0 saturated carbocycles. The Morgan fingerprint density at radius 2 is 1.06 bits per heavy atom. The molecule has 0 aromatic heterocycles. The van der Waals surface area contributed by atoms with Gasteiger partial charge in [-0.15, -0.1) is 0 Å². The van der Waals surface area contributed by atoms with Gasteiger partial charge in [0.05, 0.1) is 37.6 Å². The average Bonchev–Trinajstić information content (AvgIpc) is 2.93. The van der Waals surface area contributed by atoms with E-state index in [9.17, 15) is 20.4 Å². The second-order valence-electron chi connectivity index (χ2n) is 8.93. The Bertz CT molecular complexity index is 801. The topological polar surface area (TPSA) is 130 Å². The fourth-order valence-corrected chi connectivity index (χ4v) is 4.30. The Hall–Kier alpha value is -1.92. The fourth-order valence-electron chi connectivity index (χ4n) is 4.30. The lowest BCUT2D eigenvalue weighted by atomic mass is 10.0. The molecule has 2 aromatic carbocycles. The minimum Gasteiger partial charge on any atom is -0.389 e. The Morgan fingerprint density at radius 3 is 1.46 bits per heavy atom. The SMILES string of the molecule is O[C@H]([C@@H](O)CNC[C@H](O)[C@@H](O)[C@H]1CCOC(c2ccccc2)O1)[C@H]1CCOC(c2ccccc2)O1. The summed E-state index contributed by atoms with van der Waals surface area (Å²) in [7, 11) is 0. The van der Waals surface area contributed by atoms with Crippen molar-refractivity contribution in [2.75, 3.05) is 26.3 Å². The van der Waals surface area contributed by atoms with Crippen LogP contribution in [-0.2, 0) is 18.9 Å². The number of rotatable bonds is 10. The lowest BCUT2D eigenvalue weighted by Crippen LogP contribution is -2.50. The first-order chi connectivity index (χ1) is 17.0. The third kappa shape index (κ3) is 7.07. The van der Waals surface area contributed by atoms with Crippen LogP contribution in [-0.4, -0.2) is 83.4 Å². The van der Waals surface area contributed by atoms with E-state index in [-0.39, 0.29) is 13.1 Å². The van der Waals surface area contributed by atoms with Crippen molar-refractivity contribution in [1.29, 1.82) is 0 Å². The van der Waals surface area contributed by atoms with Crippen LogP contribution in [0.5, 0.6) is 0 Å². The molecule has 0 bridgehead atoms. The van der Waals surface area contributed by atoms with Crippen LogP contribution in [0.25, 0.3) is 0 Å². The molecule has 8 atom stereocenters. The molecule has 2 unspecified atom stereocenters. The van der Waals surface area contributed by atoms with Crippen LogP contribution in [0.2, 0.25) is 0 Å². The van der Waals surface area contributed by atoms with Crippen molar-refractivity contribution in [2.24, 2.45) is 0 Å². The van der Waals surface area contributed by atoms with Gasteiger partial charge in [0.25, 0.3) is 0 Å².